The van der Waals surface area contributed by atoms with Gasteiger partial charge in [0, 0.05) is 43.3 Å². The molecular weight excluding hydrogens is 487 g/mol. The molecule has 2 N–H and O–H groups in total. The van der Waals surface area contributed by atoms with Gasteiger partial charge in [-0.25, -0.2) is 9.98 Å². The van der Waals surface area contributed by atoms with E-state index in [-0.39, 0.29) is 36.3 Å². The number of alkyl halides is 2. The highest BCUT2D eigenvalue weighted by Crippen LogP contribution is 2.23. The Morgan fingerprint density at radius 1 is 1.33 bits per heavy atom. The Kier molecular flexibility index (Phi) is 8.02. The SMILES string of the molecule is Cc1ccc(OC(F)F)c(CN=C(N)N2CCN(c3nccs3)CC2)c1.I. The molecule has 27 heavy (non-hydrogen) atoms. The van der Waals surface area contributed by atoms with Crippen molar-refractivity contribution >= 4 is 46.4 Å². The number of piperazine rings is 1. The molecule has 2 heterocycles. The molecule has 1 aliphatic rings. The van der Waals surface area contributed by atoms with E-state index in [1.165, 1.54) is 6.07 Å². The summed E-state index contributed by atoms with van der Waals surface area (Å²) in [5, 5.41) is 2.96. The lowest BCUT2D eigenvalue weighted by molar-refractivity contribution is -0.0504. The van der Waals surface area contributed by atoms with Crippen molar-refractivity contribution in [2.24, 2.45) is 10.7 Å². The molecule has 0 aliphatic carbocycles. The van der Waals surface area contributed by atoms with Gasteiger partial charge in [-0.2, -0.15) is 8.78 Å². The number of hydrogen-bond acceptors (Lipinski definition) is 5. The third-order valence-electron chi connectivity index (χ3n) is 4.14. The number of ether oxygens (including phenoxy) is 1. The van der Waals surface area contributed by atoms with Gasteiger partial charge >= 0.3 is 6.61 Å². The summed E-state index contributed by atoms with van der Waals surface area (Å²) in [6.07, 6.45) is 1.79. The van der Waals surface area contributed by atoms with Crippen LogP contribution in [0.25, 0.3) is 0 Å². The first kappa shape index (κ1) is 21.6. The van der Waals surface area contributed by atoms with E-state index < -0.39 is 6.61 Å². The summed E-state index contributed by atoms with van der Waals surface area (Å²) in [6.45, 7) is 2.33. The number of hydrogen-bond donors (Lipinski definition) is 1. The number of aliphatic imine (C=N–C) groups is 1. The van der Waals surface area contributed by atoms with E-state index in [0.717, 1.165) is 36.9 Å². The molecule has 3 rings (SSSR count). The first-order valence-corrected chi connectivity index (χ1v) is 9.14. The minimum Gasteiger partial charge on any atom is -0.434 e. The molecule has 6 nitrogen and oxygen atoms in total. The van der Waals surface area contributed by atoms with Gasteiger partial charge in [-0.3, -0.25) is 0 Å². The molecule has 0 amide bonds. The number of aryl methyl sites for hydroxylation is 1. The lowest BCUT2D eigenvalue weighted by Crippen LogP contribution is -2.51. The molecule has 1 aliphatic heterocycles. The Hall–Kier alpha value is -1.69. The third kappa shape index (κ3) is 5.89. The summed E-state index contributed by atoms with van der Waals surface area (Å²) in [5.41, 5.74) is 7.65. The number of nitrogens with two attached hydrogens (primary N) is 1. The molecule has 0 spiro atoms. The number of thiazole rings is 1. The van der Waals surface area contributed by atoms with Crippen LogP contribution in [0.3, 0.4) is 0 Å². The zero-order valence-electron chi connectivity index (χ0n) is 14.8. The van der Waals surface area contributed by atoms with Crippen LogP contribution >= 0.6 is 35.3 Å². The van der Waals surface area contributed by atoms with Gasteiger partial charge in [0.1, 0.15) is 5.75 Å². The molecule has 0 bridgehead atoms. The number of anilines is 1. The molecule has 1 saturated heterocycles. The van der Waals surface area contributed by atoms with Gasteiger partial charge in [0.25, 0.3) is 0 Å². The van der Waals surface area contributed by atoms with Crippen molar-refractivity contribution in [3.05, 3.63) is 40.9 Å². The van der Waals surface area contributed by atoms with Crippen LogP contribution in [0.4, 0.5) is 13.9 Å². The summed E-state index contributed by atoms with van der Waals surface area (Å²) in [6, 6.07) is 5.05. The highest BCUT2D eigenvalue weighted by molar-refractivity contribution is 14.0. The first-order chi connectivity index (χ1) is 12.5. The zero-order chi connectivity index (χ0) is 18.5. The van der Waals surface area contributed by atoms with E-state index in [1.807, 2.05) is 17.2 Å². The molecule has 1 aromatic carbocycles. The fourth-order valence-electron chi connectivity index (χ4n) is 2.81. The van der Waals surface area contributed by atoms with Crippen molar-refractivity contribution in [3.8, 4) is 5.75 Å². The fourth-order valence-corrected chi connectivity index (χ4v) is 3.50. The second-order valence-corrected chi connectivity index (χ2v) is 6.83. The van der Waals surface area contributed by atoms with Gasteiger partial charge in [-0.1, -0.05) is 17.7 Å². The lowest BCUT2D eigenvalue weighted by Gasteiger charge is -2.35. The largest absolute Gasteiger partial charge is 0.434 e. The van der Waals surface area contributed by atoms with Crippen LogP contribution in [-0.2, 0) is 6.54 Å². The van der Waals surface area contributed by atoms with E-state index in [0.29, 0.717) is 11.5 Å². The van der Waals surface area contributed by atoms with Gasteiger partial charge < -0.3 is 20.3 Å². The summed E-state index contributed by atoms with van der Waals surface area (Å²) >= 11 is 1.61. The average Bonchev–Trinajstić information content (AvgIpc) is 3.16. The topological polar surface area (TPSA) is 67.0 Å². The highest BCUT2D eigenvalue weighted by atomic mass is 127. The maximum absolute atomic E-state index is 12.5. The fraction of sp³-hybridized carbons (Fsp3) is 0.412. The number of halogens is 3. The van der Waals surface area contributed by atoms with Crippen molar-refractivity contribution in [1.82, 2.24) is 9.88 Å². The molecule has 1 aromatic heterocycles. The molecule has 10 heteroatoms. The maximum atomic E-state index is 12.5. The quantitative estimate of drug-likeness (QED) is 0.381. The Morgan fingerprint density at radius 3 is 2.70 bits per heavy atom. The van der Waals surface area contributed by atoms with Crippen LogP contribution in [0, 0.1) is 6.92 Å². The van der Waals surface area contributed by atoms with E-state index >= 15 is 0 Å². The molecule has 148 valence electrons. The smallest absolute Gasteiger partial charge is 0.387 e. The Balaban J connectivity index is 0.00000261. The minimum absolute atomic E-state index is 0. The monoisotopic (exact) mass is 509 g/mol. The summed E-state index contributed by atoms with van der Waals surface area (Å²) in [7, 11) is 0. The van der Waals surface area contributed by atoms with Crippen LogP contribution < -0.4 is 15.4 Å². The number of benzene rings is 1. The van der Waals surface area contributed by atoms with Crippen molar-refractivity contribution in [2.75, 3.05) is 31.1 Å². The normalized spacial score (nSPS) is 15.0. The Labute approximate surface area is 178 Å². The molecule has 1 fully saturated rings. The van der Waals surface area contributed by atoms with Crippen molar-refractivity contribution < 1.29 is 13.5 Å². The van der Waals surface area contributed by atoms with Crippen LogP contribution in [0.1, 0.15) is 11.1 Å². The molecular formula is C17H22F2IN5OS. The zero-order valence-corrected chi connectivity index (χ0v) is 18.0. The van der Waals surface area contributed by atoms with Gasteiger partial charge in [0.15, 0.2) is 11.1 Å². The van der Waals surface area contributed by atoms with E-state index in [1.54, 1.807) is 29.7 Å². The second-order valence-electron chi connectivity index (χ2n) is 5.95. The summed E-state index contributed by atoms with van der Waals surface area (Å²) in [4.78, 5) is 12.9. The van der Waals surface area contributed by atoms with Crippen LogP contribution in [0.2, 0.25) is 0 Å². The number of nitrogens with zero attached hydrogens (tertiary/aromatic N) is 4. The predicted molar refractivity (Wildman–Crippen MR) is 114 cm³/mol. The Morgan fingerprint density at radius 2 is 2.07 bits per heavy atom. The number of aromatic nitrogens is 1. The summed E-state index contributed by atoms with van der Waals surface area (Å²) in [5.74, 6) is 0.545. The van der Waals surface area contributed by atoms with Gasteiger partial charge in [-0.05, 0) is 13.0 Å². The highest BCUT2D eigenvalue weighted by Gasteiger charge is 2.20. The van der Waals surface area contributed by atoms with Crippen LogP contribution in [-0.4, -0.2) is 48.6 Å². The van der Waals surface area contributed by atoms with Crippen molar-refractivity contribution in [3.63, 3.8) is 0 Å². The van der Waals surface area contributed by atoms with Crippen LogP contribution in [0.15, 0.2) is 34.8 Å². The lowest BCUT2D eigenvalue weighted by atomic mass is 10.1. The molecule has 0 saturated carbocycles. The van der Waals surface area contributed by atoms with E-state index in [9.17, 15) is 8.78 Å². The third-order valence-corrected chi connectivity index (χ3v) is 4.97. The average molecular weight is 509 g/mol. The number of rotatable bonds is 5. The summed E-state index contributed by atoms with van der Waals surface area (Å²) < 4.78 is 29.7. The van der Waals surface area contributed by atoms with Gasteiger partial charge in [0.05, 0.1) is 6.54 Å². The predicted octanol–water partition coefficient (Wildman–Crippen LogP) is 3.31. The Bertz CT molecular complexity index is 752. The second kappa shape index (κ2) is 10.0. The molecule has 0 unspecified atom stereocenters. The van der Waals surface area contributed by atoms with E-state index in [2.05, 4.69) is 19.6 Å². The minimum atomic E-state index is -2.86. The molecule has 2 aromatic rings. The standard InChI is InChI=1S/C17H21F2N5OS.HI/c1-12-2-3-14(25-15(18)19)13(10-12)11-22-16(20)23-5-7-24(8-6-23)17-21-4-9-26-17;/h2-4,9-10,15H,5-8,11H2,1H3,(H2,20,22);1H. The van der Waals surface area contributed by atoms with Gasteiger partial charge in [-0.15, -0.1) is 35.3 Å². The first-order valence-electron chi connectivity index (χ1n) is 8.26. The molecule has 0 radical (unpaired) electrons. The number of guanidine groups is 1. The maximum Gasteiger partial charge on any atom is 0.387 e. The van der Waals surface area contributed by atoms with Gasteiger partial charge in [0.2, 0.25) is 0 Å². The van der Waals surface area contributed by atoms with Crippen LogP contribution in [0.5, 0.6) is 5.75 Å². The molecule has 0 atom stereocenters. The van der Waals surface area contributed by atoms with E-state index in [4.69, 9.17) is 5.73 Å². The van der Waals surface area contributed by atoms with Crippen molar-refractivity contribution in [1.29, 1.82) is 0 Å². The van der Waals surface area contributed by atoms with Crippen molar-refractivity contribution in [2.45, 2.75) is 20.1 Å².